The van der Waals surface area contributed by atoms with Crippen LogP contribution in [0.5, 0.6) is 0 Å². The molecule has 1 unspecified atom stereocenters. The Hall–Kier alpha value is -1.11. The van der Waals surface area contributed by atoms with Gasteiger partial charge in [-0.15, -0.1) is 0 Å². The zero-order valence-electron chi connectivity index (χ0n) is 9.53. The first-order chi connectivity index (χ1) is 6.70. The van der Waals surface area contributed by atoms with E-state index in [4.69, 9.17) is 0 Å². The molecule has 14 heavy (non-hydrogen) atoms. The van der Waals surface area contributed by atoms with E-state index in [1.165, 1.54) is 12.8 Å². The highest BCUT2D eigenvalue weighted by Crippen LogP contribution is 2.01. The summed E-state index contributed by atoms with van der Waals surface area (Å²) in [7, 11) is 0. The highest BCUT2D eigenvalue weighted by Gasteiger charge is 1.92. The summed E-state index contributed by atoms with van der Waals surface area (Å²) >= 11 is 0. The highest BCUT2D eigenvalue weighted by atomic mass is 14.7. The number of allylic oxidation sites excluding steroid dienone is 4. The van der Waals surface area contributed by atoms with E-state index < -0.39 is 0 Å². The molecule has 0 spiro atoms. The first kappa shape index (κ1) is 12.9. The van der Waals surface area contributed by atoms with E-state index >= 15 is 0 Å². The second kappa shape index (κ2) is 8.49. The van der Waals surface area contributed by atoms with Crippen molar-refractivity contribution < 1.29 is 0 Å². The predicted octanol–water partition coefficient (Wildman–Crippen LogP) is 4.14. The maximum absolute atomic E-state index is 4.21. The Morgan fingerprint density at radius 1 is 1.43 bits per heavy atom. The third kappa shape index (κ3) is 7.53. The standard InChI is InChI=1S/C13H21N/c1-5-7-12(3)9-10-14-11-13(4)8-6-2/h5,7,9-11,13H,3,6,8H2,1-2,4H3/b7-5-,10-9-,14-11?. The molecule has 1 atom stereocenters. The van der Waals surface area contributed by atoms with E-state index in [9.17, 15) is 0 Å². The third-order valence-electron chi connectivity index (χ3n) is 1.84. The Morgan fingerprint density at radius 2 is 2.14 bits per heavy atom. The number of hydrogen-bond donors (Lipinski definition) is 0. The molecule has 78 valence electrons. The van der Waals surface area contributed by atoms with E-state index in [-0.39, 0.29) is 0 Å². The minimum Gasteiger partial charge on any atom is -0.269 e. The van der Waals surface area contributed by atoms with Gasteiger partial charge < -0.3 is 0 Å². The normalized spacial score (nSPS) is 14.5. The van der Waals surface area contributed by atoms with Crippen LogP contribution in [0.4, 0.5) is 0 Å². The minimum absolute atomic E-state index is 0.569. The molecule has 0 N–H and O–H groups in total. The Bertz CT molecular complexity index is 234. The van der Waals surface area contributed by atoms with Crippen LogP contribution < -0.4 is 0 Å². The first-order valence-electron chi connectivity index (χ1n) is 5.22. The molecule has 0 aromatic carbocycles. The Kier molecular flexibility index (Phi) is 7.81. The molecule has 0 radical (unpaired) electrons. The van der Waals surface area contributed by atoms with Crippen molar-refractivity contribution in [3.05, 3.63) is 36.6 Å². The van der Waals surface area contributed by atoms with Gasteiger partial charge >= 0.3 is 0 Å². The summed E-state index contributed by atoms with van der Waals surface area (Å²) in [5.74, 6) is 0.569. The van der Waals surface area contributed by atoms with Crippen LogP contribution in [0.3, 0.4) is 0 Å². The third-order valence-corrected chi connectivity index (χ3v) is 1.84. The van der Waals surface area contributed by atoms with Gasteiger partial charge in [-0.25, -0.2) is 0 Å². The molecule has 0 aliphatic heterocycles. The summed E-state index contributed by atoms with van der Waals surface area (Å²) in [6.07, 6.45) is 12.0. The van der Waals surface area contributed by atoms with Crippen LogP contribution in [-0.4, -0.2) is 6.21 Å². The fraction of sp³-hybridized carbons (Fsp3) is 0.462. The second-order valence-electron chi connectivity index (χ2n) is 3.45. The van der Waals surface area contributed by atoms with Gasteiger partial charge in [-0.1, -0.05) is 39.0 Å². The summed E-state index contributed by atoms with van der Waals surface area (Å²) in [5.41, 5.74) is 0.979. The van der Waals surface area contributed by atoms with Gasteiger partial charge in [0.25, 0.3) is 0 Å². The largest absolute Gasteiger partial charge is 0.269 e. The fourth-order valence-electron chi connectivity index (χ4n) is 1.13. The van der Waals surface area contributed by atoms with Crippen molar-refractivity contribution in [3.63, 3.8) is 0 Å². The van der Waals surface area contributed by atoms with E-state index in [1.807, 2.05) is 31.4 Å². The fourth-order valence-corrected chi connectivity index (χ4v) is 1.13. The Balaban J connectivity index is 3.85. The molecule has 0 saturated heterocycles. The van der Waals surface area contributed by atoms with Crippen LogP contribution in [0.25, 0.3) is 0 Å². The molecule has 0 aliphatic rings. The van der Waals surface area contributed by atoms with Crippen molar-refractivity contribution in [2.45, 2.75) is 33.6 Å². The number of hydrogen-bond acceptors (Lipinski definition) is 1. The van der Waals surface area contributed by atoms with Crippen molar-refractivity contribution in [1.82, 2.24) is 0 Å². The first-order valence-corrected chi connectivity index (χ1v) is 5.22. The van der Waals surface area contributed by atoms with Crippen LogP contribution in [0, 0.1) is 5.92 Å². The topological polar surface area (TPSA) is 12.4 Å². The summed E-state index contributed by atoms with van der Waals surface area (Å²) in [6.45, 7) is 10.2. The highest BCUT2D eigenvalue weighted by molar-refractivity contribution is 5.61. The van der Waals surface area contributed by atoms with Crippen molar-refractivity contribution in [2.75, 3.05) is 0 Å². The van der Waals surface area contributed by atoms with Crippen molar-refractivity contribution in [1.29, 1.82) is 0 Å². The molecule has 0 rings (SSSR count). The van der Waals surface area contributed by atoms with Crippen molar-refractivity contribution in [3.8, 4) is 0 Å². The van der Waals surface area contributed by atoms with Gasteiger partial charge in [0, 0.05) is 12.4 Å². The monoisotopic (exact) mass is 191 g/mol. The summed E-state index contributed by atoms with van der Waals surface area (Å²) in [4.78, 5) is 4.21. The molecular formula is C13H21N. The number of nitrogens with zero attached hydrogens (tertiary/aromatic N) is 1. The molecule has 0 aliphatic carbocycles. The average molecular weight is 191 g/mol. The van der Waals surface area contributed by atoms with Crippen LogP contribution >= 0.6 is 0 Å². The zero-order chi connectivity index (χ0) is 10.8. The molecule has 0 fully saturated rings. The average Bonchev–Trinajstić information content (AvgIpc) is 2.13. The summed E-state index contributed by atoms with van der Waals surface area (Å²) < 4.78 is 0. The Morgan fingerprint density at radius 3 is 2.71 bits per heavy atom. The van der Waals surface area contributed by atoms with Crippen LogP contribution in [0.2, 0.25) is 0 Å². The van der Waals surface area contributed by atoms with Gasteiger partial charge in [-0.05, 0) is 30.9 Å². The van der Waals surface area contributed by atoms with E-state index in [0.717, 1.165) is 5.57 Å². The molecule has 0 amide bonds. The Labute approximate surface area is 87.9 Å². The molecule has 0 heterocycles. The quantitative estimate of drug-likeness (QED) is 0.442. The van der Waals surface area contributed by atoms with Crippen LogP contribution in [-0.2, 0) is 0 Å². The minimum atomic E-state index is 0.569. The van der Waals surface area contributed by atoms with Crippen molar-refractivity contribution in [2.24, 2.45) is 10.9 Å². The molecule has 0 saturated carbocycles. The van der Waals surface area contributed by atoms with Gasteiger partial charge in [0.15, 0.2) is 0 Å². The van der Waals surface area contributed by atoms with Crippen molar-refractivity contribution >= 4 is 6.21 Å². The lowest BCUT2D eigenvalue weighted by Gasteiger charge is -1.99. The molecule has 1 heteroatoms. The lowest BCUT2D eigenvalue weighted by atomic mass is 10.1. The lowest BCUT2D eigenvalue weighted by Crippen LogP contribution is -1.93. The zero-order valence-corrected chi connectivity index (χ0v) is 9.53. The maximum Gasteiger partial charge on any atom is 0.0269 e. The summed E-state index contributed by atoms with van der Waals surface area (Å²) in [6, 6.07) is 0. The second-order valence-corrected chi connectivity index (χ2v) is 3.45. The molecule has 0 bridgehead atoms. The van der Waals surface area contributed by atoms with Gasteiger partial charge in [0.05, 0.1) is 0 Å². The lowest BCUT2D eigenvalue weighted by molar-refractivity contribution is 0.677. The van der Waals surface area contributed by atoms with Crippen LogP contribution in [0.15, 0.2) is 41.6 Å². The predicted molar refractivity (Wildman–Crippen MR) is 65.7 cm³/mol. The molecule has 1 nitrogen and oxygen atoms in total. The van der Waals surface area contributed by atoms with E-state index in [2.05, 4.69) is 25.4 Å². The maximum atomic E-state index is 4.21. The van der Waals surface area contributed by atoms with Gasteiger partial charge in [-0.2, -0.15) is 0 Å². The van der Waals surface area contributed by atoms with Gasteiger partial charge in [0.1, 0.15) is 0 Å². The number of rotatable bonds is 6. The van der Waals surface area contributed by atoms with Gasteiger partial charge in [0.2, 0.25) is 0 Å². The summed E-state index contributed by atoms with van der Waals surface area (Å²) in [5, 5.41) is 0. The van der Waals surface area contributed by atoms with Gasteiger partial charge in [-0.3, -0.25) is 4.99 Å². The van der Waals surface area contributed by atoms with E-state index in [1.54, 1.807) is 6.20 Å². The number of aliphatic imine (C=N–C) groups is 1. The molecule has 0 aromatic rings. The van der Waals surface area contributed by atoms with Crippen LogP contribution in [0.1, 0.15) is 33.6 Å². The SMILES string of the molecule is C=C(/C=C\C)/C=C\N=CC(C)CCC. The smallest absolute Gasteiger partial charge is 0.0269 e. The molecular weight excluding hydrogens is 170 g/mol. The van der Waals surface area contributed by atoms with E-state index in [0.29, 0.717) is 5.92 Å². The molecule has 0 aromatic heterocycles.